The van der Waals surface area contributed by atoms with Gasteiger partial charge in [0.15, 0.2) is 5.78 Å². The van der Waals surface area contributed by atoms with Crippen LogP contribution in [0.25, 0.3) is 0 Å². The van der Waals surface area contributed by atoms with Gasteiger partial charge in [-0.25, -0.2) is 0 Å². The molecule has 0 heterocycles. The zero-order valence-electron chi connectivity index (χ0n) is 26.9. The van der Waals surface area contributed by atoms with Gasteiger partial charge in [0.1, 0.15) is 23.0 Å². The first-order valence-electron chi connectivity index (χ1n) is 14.9. The molecule has 0 aromatic heterocycles. The summed E-state index contributed by atoms with van der Waals surface area (Å²) in [6.07, 6.45) is 0. The van der Waals surface area contributed by atoms with Gasteiger partial charge >= 0.3 is 0 Å². The number of Topliss-reactive ketones (excluding diaryl/α,β-unsaturated/α-hetero) is 1. The van der Waals surface area contributed by atoms with Crippen LogP contribution >= 0.6 is 126 Å². The Morgan fingerprint density at radius 2 is 0.816 bits per heavy atom. The Kier molecular flexibility index (Phi) is 11.8. The van der Waals surface area contributed by atoms with Gasteiger partial charge in [-0.05, 0) is 241 Å². The molecule has 0 aliphatic carbocycles. The zero-order valence-corrected chi connectivity index (χ0v) is 38.6. The van der Waals surface area contributed by atoms with Gasteiger partial charge in [-0.3, -0.25) is 4.79 Å². The Labute approximate surface area is 359 Å². The maximum Gasteiger partial charge on any atom is 0.159 e. The van der Waals surface area contributed by atoms with Crippen molar-refractivity contribution in [3.05, 3.63) is 135 Å². The van der Waals surface area contributed by atoms with Crippen molar-refractivity contribution in [2.24, 2.45) is 0 Å². The number of benzene rings is 5. The van der Waals surface area contributed by atoms with Gasteiger partial charge in [0.05, 0.1) is 17.9 Å². The number of thiol groups is 1. The van der Waals surface area contributed by atoms with Crippen LogP contribution in [0.2, 0.25) is 0 Å². The minimum atomic E-state index is -0.887. The Morgan fingerprint density at radius 1 is 0.510 bits per heavy atom. The molecule has 5 aromatic rings. The quantitative estimate of drug-likeness (QED) is 0.0484. The van der Waals surface area contributed by atoms with Crippen molar-refractivity contribution >= 4 is 131 Å². The van der Waals surface area contributed by atoms with Crippen LogP contribution in [0.15, 0.2) is 71.6 Å². The second-order valence-electron chi connectivity index (χ2n) is 12.5. The first-order chi connectivity index (χ1) is 22.8. The number of phenols is 4. The first-order valence-corrected chi connectivity index (χ1v) is 20.7. The molecule has 0 aliphatic rings. The maximum atomic E-state index is 13.4. The van der Waals surface area contributed by atoms with E-state index in [1.165, 1.54) is 0 Å². The lowest BCUT2D eigenvalue weighted by molar-refractivity contribution is 0.101. The zero-order chi connectivity index (χ0) is 36.3. The van der Waals surface area contributed by atoms with Crippen molar-refractivity contribution < 1.29 is 25.2 Å². The molecule has 254 valence electrons. The molecule has 0 aliphatic heterocycles. The summed E-state index contributed by atoms with van der Waals surface area (Å²) in [6, 6.07) is 21.6. The maximum absolute atomic E-state index is 13.4. The molecule has 4 N–H and O–H groups in total. The largest absolute Gasteiger partial charge is 0.507 e. The molecule has 0 amide bonds. The monoisotopic (exact) mass is 1230 g/mol. The summed E-state index contributed by atoms with van der Waals surface area (Å²) in [6.45, 7) is 9.49. The van der Waals surface area contributed by atoms with Gasteiger partial charge in [0, 0.05) is 21.3 Å². The fraction of sp³-hybridized carbons (Fsp3) is 0.184. The summed E-state index contributed by atoms with van der Waals surface area (Å²) in [5.74, 6) is 0.615. The number of phenolic OH excluding ortho intramolecular Hbond substituents is 4. The molecule has 0 spiro atoms. The van der Waals surface area contributed by atoms with Crippen molar-refractivity contribution in [1.29, 1.82) is 0 Å². The minimum absolute atomic E-state index is 0.0890. The third-order valence-electron chi connectivity index (χ3n) is 9.37. The second-order valence-corrected chi connectivity index (χ2v) is 18.8. The highest BCUT2D eigenvalue weighted by Crippen LogP contribution is 2.48. The van der Waals surface area contributed by atoms with Crippen LogP contribution in [-0.2, 0) is 10.8 Å². The summed E-state index contributed by atoms with van der Waals surface area (Å²) in [5.41, 5.74) is 5.41. The molecule has 0 fully saturated rings. The molecule has 11 heteroatoms. The first kappa shape index (κ1) is 39.2. The lowest BCUT2D eigenvalue weighted by Crippen LogP contribution is -2.30. The van der Waals surface area contributed by atoms with Gasteiger partial charge in [0.2, 0.25) is 0 Å². The number of rotatable bonds is 7. The SMILES string of the molecule is CC(=O)c1cc(C(C)(c2cc(C)c(O)c(I)c2)c2cc(S)c(O)c(I)c2)cc(C(C)(c2cc(C)c(O)c(I)c2)c2cc(I)c(O)c(I)c2)c1. The van der Waals surface area contributed by atoms with Crippen molar-refractivity contribution in [2.75, 3.05) is 0 Å². The van der Waals surface area contributed by atoms with E-state index >= 15 is 0 Å². The van der Waals surface area contributed by atoms with Gasteiger partial charge in [-0.15, -0.1) is 12.6 Å². The number of carbonyl (C=O) groups excluding carboxylic acids is 1. The van der Waals surface area contributed by atoms with Crippen molar-refractivity contribution in [3.63, 3.8) is 0 Å². The third-order valence-corrected chi connectivity index (χ3v) is 13.8. The minimum Gasteiger partial charge on any atom is -0.507 e. The molecule has 0 bridgehead atoms. The van der Waals surface area contributed by atoms with E-state index in [9.17, 15) is 25.2 Å². The van der Waals surface area contributed by atoms with Crippen LogP contribution < -0.4 is 0 Å². The lowest BCUT2D eigenvalue weighted by Gasteiger charge is -2.37. The smallest absolute Gasteiger partial charge is 0.159 e. The van der Waals surface area contributed by atoms with E-state index in [1.807, 2.05) is 74.5 Å². The highest BCUT2D eigenvalue weighted by molar-refractivity contribution is 14.1. The summed E-state index contributed by atoms with van der Waals surface area (Å²) < 4.78 is 3.40. The fourth-order valence-corrected chi connectivity index (χ4v) is 10.6. The van der Waals surface area contributed by atoms with Gasteiger partial charge in [-0.1, -0.05) is 18.2 Å². The molecule has 0 saturated heterocycles. The summed E-state index contributed by atoms with van der Waals surface area (Å²) >= 11 is 15.3. The van der Waals surface area contributed by atoms with Gasteiger partial charge < -0.3 is 20.4 Å². The third kappa shape index (κ3) is 7.19. The number of ketones is 1. The predicted octanol–water partition coefficient (Wildman–Crippen LogP) is 11.3. The molecular weight excluding hydrogens is 1200 g/mol. The molecule has 0 saturated carbocycles. The average molecular weight is 1230 g/mol. The van der Waals surface area contributed by atoms with Crippen LogP contribution in [0.1, 0.15) is 75.6 Å². The lowest BCUT2D eigenvalue weighted by atomic mass is 9.66. The number of aromatic hydroxyl groups is 4. The van der Waals surface area contributed by atoms with Crippen LogP contribution in [0.4, 0.5) is 0 Å². The van der Waals surface area contributed by atoms with Crippen LogP contribution in [0.5, 0.6) is 23.0 Å². The Bertz CT molecular complexity index is 1830. The number of carbonyl (C=O) groups is 1. The van der Waals surface area contributed by atoms with Crippen molar-refractivity contribution in [1.82, 2.24) is 0 Å². The normalized spacial score (nSPS) is 13.9. The molecule has 5 aromatic carbocycles. The molecule has 0 radical (unpaired) electrons. The van der Waals surface area contributed by atoms with Gasteiger partial charge in [-0.2, -0.15) is 0 Å². The van der Waals surface area contributed by atoms with Gasteiger partial charge in [0.25, 0.3) is 0 Å². The highest BCUT2D eigenvalue weighted by atomic mass is 127. The van der Waals surface area contributed by atoms with Crippen molar-refractivity contribution in [2.45, 2.75) is 50.3 Å². The fourth-order valence-electron chi connectivity index (χ4n) is 6.19. The number of hydrogen-bond acceptors (Lipinski definition) is 6. The van der Waals surface area contributed by atoms with Crippen LogP contribution in [0.3, 0.4) is 0 Å². The molecular formula is C38H31I5O5S. The number of aryl methyl sites for hydroxylation is 2. The van der Waals surface area contributed by atoms with Crippen LogP contribution in [0, 0.1) is 31.7 Å². The molecule has 2 unspecified atom stereocenters. The average Bonchev–Trinajstić information content (AvgIpc) is 3.05. The topological polar surface area (TPSA) is 98.0 Å². The second kappa shape index (κ2) is 14.8. The summed E-state index contributed by atoms with van der Waals surface area (Å²) in [5, 5.41) is 43.0. The van der Waals surface area contributed by atoms with E-state index in [4.69, 9.17) is 0 Å². The molecule has 2 atom stereocenters. The number of halogens is 5. The standard InChI is InChI=1S/C38H31I5O5S/c1-17-6-21(11-27(39)33(17)45)37(4,25-13-29(41)35(47)30(42)14-25)23-8-20(19(3)44)9-24(10-23)38(5,22-7-18(2)34(46)28(40)12-22)26-15-31(43)36(48)32(49)16-26/h6-16,45-49H,1-5H3. The Hall–Kier alpha value is -1.03. The number of hydrogen-bond donors (Lipinski definition) is 5. The van der Waals surface area contributed by atoms with E-state index in [1.54, 1.807) is 6.92 Å². The summed E-state index contributed by atoms with van der Waals surface area (Å²) in [7, 11) is 0. The highest BCUT2D eigenvalue weighted by Gasteiger charge is 2.38. The Balaban J connectivity index is 1.97. The summed E-state index contributed by atoms with van der Waals surface area (Å²) in [4.78, 5) is 13.8. The van der Waals surface area contributed by atoms with E-state index in [-0.39, 0.29) is 28.8 Å². The van der Waals surface area contributed by atoms with E-state index in [0.717, 1.165) is 38.9 Å². The molecule has 5 nitrogen and oxygen atoms in total. The van der Waals surface area contributed by atoms with Crippen molar-refractivity contribution in [3.8, 4) is 23.0 Å². The molecule has 5 rings (SSSR count). The van der Waals surface area contributed by atoms with E-state index in [2.05, 4.69) is 145 Å². The molecule has 49 heavy (non-hydrogen) atoms. The Morgan fingerprint density at radius 3 is 1.16 bits per heavy atom. The van der Waals surface area contributed by atoms with E-state index < -0.39 is 10.8 Å². The van der Waals surface area contributed by atoms with E-state index in [0.29, 0.717) is 33.9 Å². The van der Waals surface area contributed by atoms with Crippen LogP contribution in [-0.4, -0.2) is 26.2 Å². The predicted molar refractivity (Wildman–Crippen MR) is 240 cm³/mol.